The number of hydrogen-bond acceptors (Lipinski definition) is 3. The fourth-order valence-electron chi connectivity index (χ4n) is 1.45. The fourth-order valence-corrected chi connectivity index (χ4v) is 2.52. The van der Waals surface area contributed by atoms with Crippen molar-refractivity contribution in [2.45, 2.75) is 31.6 Å². The van der Waals surface area contributed by atoms with Crippen LogP contribution in [0.15, 0.2) is 18.2 Å². The topological polar surface area (TPSA) is 38.0 Å². The van der Waals surface area contributed by atoms with E-state index in [1.54, 1.807) is 23.9 Å². The van der Waals surface area contributed by atoms with Gasteiger partial charge in [0.1, 0.15) is 5.82 Å². The summed E-state index contributed by atoms with van der Waals surface area (Å²) >= 11 is 7.76. The summed E-state index contributed by atoms with van der Waals surface area (Å²) in [5, 5.41) is 0.988. The van der Waals surface area contributed by atoms with Crippen LogP contribution in [-0.2, 0) is 6.42 Å². The van der Waals surface area contributed by atoms with Crippen LogP contribution in [0.25, 0.3) is 0 Å². The van der Waals surface area contributed by atoms with Gasteiger partial charge in [-0.15, -0.1) is 0 Å². The molecule has 0 aromatic heterocycles. The molecule has 0 amide bonds. The molecule has 1 unspecified atom stereocenters. The normalized spacial score (nSPS) is 13.1. The molecule has 0 aliphatic rings. The Bertz CT molecular complexity index is 340. The van der Waals surface area contributed by atoms with E-state index in [0.717, 1.165) is 5.75 Å². The molecule has 0 saturated heterocycles. The Morgan fingerprint density at radius 1 is 1.47 bits per heavy atom. The molecule has 0 heterocycles. The Labute approximate surface area is 111 Å². The molecule has 1 atom stereocenters. The molecule has 0 spiro atoms. The largest absolute Gasteiger partial charge is 0.271 e. The number of hydrogen-bond donors (Lipinski definition) is 2. The first kappa shape index (κ1) is 14.8. The maximum Gasteiger partial charge on any atom is 0.127 e. The number of thioether (sulfide) groups is 1. The van der Waals surface area contributed by atoms with E-state index in [2.05, 4.69) is 19.3 Å². The Morgan fingerprint density at radius 2 is 2.18 bits per heavy atom. The summed E-state index contributed by atoms with van der Waals surface area (Å²) < 4.78 is 13.6. The van der Waals surface area contributed by atoms with Gasteiger partial charge in [0, 0.05) is 22.4 Å². The minimum absolute atomic E-state index is 0.0248. The van der Waals surface area contributed by atoms with Gasteiger partial charge in [-0.3, -0.25) is 11.3 Å². The smallest absolute Gasteiger partial charge is 0.127 e. The fraction of sp³-hybridized carbons (Fsp3) is 0.500. The summed E-state index contributed by atoms with van der Waals surface area (Å²) in [6.45, 7) is 4.24. The molecule has 17 heavy (non-hydrogen) atoms. The van der Waals surface area contributed by atoms with Crippen molar-refractivity contribution < 1.29 is 4.39 Å². The zero-order valence-corrected chi connectivity index (χ0v) is 11.6. The van der Waals surface area contributed by atoms with Crippen molar-refractivity contribution in [3.63, 3.8) is 0 Å². The van der Waals surface area contributed by atoms with E-state index in [1.165, 1.54) is 6.07 Å². The van der Waals surface area contributed by atoms with Gasteiger partial charge in [-0.25, -0.2) is 4.39 Å². The molecule has 2 nitrogen and oxygen atoms in total. The quantitative estimate of drug-likeness (QED) is 0.620. The lowest BCUT2D eigenvalue weighted by atomic mass is 10.1. The van der Waals surface area contributed by atoms with E-state index < -0.39 is 0 Å². The Morgan fingerprint density at radius 3 is 2.71 bits per heavy atom. The summed E-state index contributed by atoms with van der Waals surface area (Å²) in [7, 11) is 0. The molecule has 0 radical (unpaired) electrons. The van der Waals surface area contributed by atoms with Gasteiger partial charge in [0.15, 0.2) is 0 Å². The SMILES string of the molecule is CC(C)SCC(Cc1c(F)cccc1Cl)NN. The van der Waals surface area contributed by atoms with Crippen LogP contribution >= 0.6 is 23.4 Å². The van der Waals surface area contributed by atoms with E-state index in [0.29, 0.717) is 22.3 Å². The van der Waals surface area contributed by atoms with E-state index in [-0.39, 0.29) is 11.9 Å². The predicted molar refractivity (Wildman–Crippen MR) is 73.8 cm³/mol. The van der Waals surface area contributed by atoms with Crippen LogP contribution in [0.3, 0.4) is 0 Å². The van der Waals surface area contributed by atoms with Crippen LogP contribution < -0.4 is 11.3 Å². The third-order valence-corrected chi connectivity index (χ3v) is 3.99. The average molecular weight is 277 g/mol. The molecule has 1 aromatic carbocycles. The third kappa shape index (κ3) is 4.84. The second-order valence-electron chi connectivity index (χ2n) is 4.15. The highest BCUT2D eigenvalue weighted by atomic mass is 35.5. The average Bonchev–Trinajstić information content (AvgIpc) is 2.27. The highest BCUT2D eigenvalue weighted by molar-refractivity contribution is 7.99. The van der Waals surface area contributed by atoms with E-state index in [4.69, 9.17) is 17.4 Å². The van der Waals surface area contributed by atoms with Crippen molar-refractivity contribution in [1.82, 2.24) is 5.43 Å². The molecule has 0 aliphatic carbocycles. The summed E-state index contributed by atoms with van der Waals surface area (Å²) in [5.41, 5.74) is 3.24. The lowest BCUT2D eigenvalue weighted by Gasteiger charge is -2.17. The van der Waals surface area contributed by atoms with E-state index in [1.807, 2.05) is 0 Å². The highest BCUT2D eigenvalue weighted by Gasteiger charge is 2.14. The molecule has 1 rings (SSSR count). The van der Waals surface area contributed by atoms with Gasteiger partial charge in [0.25, 0.3) is 0 Å². The maximum absolute atomic E-state index is 13.6. The summed E-state index contributed by atoms with van der Waals surface area (Å²) in [6, 6.07) is 4.75. The molecule has 1 aromatic rings. The molecule has 0 saturated carbocycles. The summed E-state index contributed by atoms with van der Waals surface area (Å²) in [6.07, 6.45) is 0.502. The van der Waals surface area contributed by atoms with Crippen LogP contribution in [0.2, 0.25) is 5.02 Å². The second-order valence-corrected chi connectivity index (χ2v) is 6.17. The molecular formula is C12H18ClFN2S. The van der Waals surface area contributed by atoms with Gasteiger partial charge in [-0.1, -0.05) is 31.5 Å². The van der Waals surface area contributed by atoms with Crippen molar-refractivity contribution in [3.05, 3.63) is 34.6 Å². The van der Waals surface area contributed by atoms with Crippen molar-refractivity contribution in [2.75, 3.05) is 5.75 Å². The van der Waals surface area contributed by atoms with Crippen molar-refractivity contribution in [1.29, 1.82) is 0 Å². The first-order chi connectivity index (χ1) is 8.04. The van der Waals surface area contributed by atoms with Crippen molar-refractivity contribution in [3.8, 4) is 0 Å². The highest BCUT2D eigenvalue weighted by Crippen LogP contribution is 2.22. The van der Waals surface area contributed by atoms with E-state index >= 15 is 0 Å². The van der Waals surface area contributed by atoms with Crippen LogP contribution in [0.1, 0.15) is 19.4 Å². The van der Waals surface area contributed by atoms with Crippen molar-refractivity contribution >= 4 is 23.4 Å². The van der Waals surface area contributed by atoms with E-state index in [9.17, 15) is 4.39 Å². The number of halogens is 2. The number of nitrogens with two attached hydrogens (primary N) is 1. The van der Waals surface area contributed by atoms with Crippen LogP contribution in [0.4, 0.5) is 4.39 Å². The first-order valence-corrected chi connectivity index (χ1v) is 6.98. The standard InChI is InChI=1S/C12H18ClFN2S/c1-8(2)17-7-9(16-15)6-10-11(13)4-3-5-12(10)14/h3-5,8-9,16H,6-7,15H2,1-2H3. The summed E-state index contributed by atoms with van der Waals surface area (Å²) in [5.74, 6) is 6.04. The van der Waals surface area contributed by atoms with Gasteiger partial charge in [-0.2, -0.15) is 11.8 Å². The van der Waals surface area contributed by atoms with Crippen LogP contribution in [0, 0.1) is 5.82 Å². The Hall–Kier alpha value is -0.290. The zero-order chi connectivity index (χ0) is 12.8. The monoisotopic (exact) mass is 276 g/mol. The number of nitrogens with one attached hydrogen (secondary N) is 1. The molecule has 96 valence electrons. The predicted octanol–water partition coefficient (Wildman–Crippen LogP) is 3.00. The molecular weight excluding hydrogens is 259 g/mol. The molecule has 0 aliphatic heterocycles. The van der Waals surface area contributed by atoms with Gasteiger partial charge >= 0.3 is 0 Å². The van der Waals surface area contributed by atoms with Gasteiger partial charge in [0.2, 0.25) is 0 Å². The van der Waals surface area contributed by atoms with Gasteiger partial charge < -0.3 is 0 Å². The lowest BCUT2D eigenvalue weighted by Crippen LogP contribution is -2.39. The minimum atomic E-state index is -0.271. The third-order valence-electron chi connectivity index (χ3n) is 2.38. The number of benzene rings is 1. The van der Waals surface area contributed by atoms with Crippen molar-refractivity contribution in [2.24, 2.45) is 5.84 Å². The molecule has 0 fully saturated rings. The van der Waals surface area contributed by atoms with Crippen LogP contribution in [-0.4, -0.2) is 17.0 Å². The summed E-state index contributed by atoms with van der Waals surface area (Å²) in [4.78, 5) is 0. The van der Waals surface area contributed by atoms with Gasteiger partial charge in [-0.05, 0) is 23.8 Å². The number of hydrazine groups is 1. The Kier molecular flexibility index (Phi) is 6.27. The minimum Gasteiger partial charge on any atom is -0.271 e. The molecule has 3 N–H and O–H groups in total. The van der Waals surface area contributed by atoms with Crippen LogP contribution in [0.5, 0.6) is 0 Å². The Balaban J connectivity index is 2.67. The molecule has 0 bridgehead atoms. The number of rotatable bonds is 6. The first-order valence-electron chi connectivity index (χ1n) is 5.55. The maximum atomic E-state index is 13.6. The zero-order valence-electron chi connectivity index (χ0n) is 10.0. The lowest BCUT2D eigenvalue weighted by molar-refractivity contribution is 0.546. The van der Waals surface area contributed by atoms with Gasteiger partial charge in [0.05, 0.1) is 0 Å². The molecule has 5 heteroatoms. The second kappa shape index (κ2) is 7.21.